The first-order valence-electron chi connectivity index (χ1n) is 9.92. The minimum atomic E-state index is -0.407. The van der Waals surface area contributed by atoms with Crippen molar-refractivity contribution in [3.8, 4) is 11.1 Å². The summed E-state index contributed by atoms with van der Waals surface area (Å²) in [4.78, 5) is 26.6. The van der Waals surface area contributed by atoms with Crippen molar-refractivity contribution in [1.29, 1.82) is 0 Å². The van der Waals surface area contributed by atoms with Crippen LogP contribution >= 0.6 is 0 Å². The Morgan fingerprint density at radius 1 is 1.06 bits per heavy atom. The van der Waals surface area contributed by atoms with Crippen LogP contribution in [0, 0.1) is 5.92 Å². The highest BCUT2D eigenvalue weighted by molar-refractivity contribution is 5.94. The zero-order chi connectivity index (χ0) is 23.8. The van der Waals surface area contributed by atoms with Gasteiger partial charge < -0.3 is 10.2 Å². The van der Waals surface area contributed by atoms with Gasteiger partial charge in [-0.3, -0.25) is 20.3 Å². The molecule has 0 heterocycles. The molecule has 7 nitrogen and oxygen atoms in total. The Labute approximate surface area is 184 Å². The van der Waals surface area contributed by atoms with E-state index in [0.29, 0.717) is 5.70 Å². The monoisotopic (exact) mass is 427 g/mol. The van der Waals surface area contributed by atoms with Crippen molar-refractivity contribution in [3.05, 3.63) is 71.9 Å². The standard InChI is InChI=1S/C16H15NO2.C6H12N2O2.C2H6/c1-12(18)14-7-9-16(10-8-14)15-5-3-13(4-6-15)11-17-19-2;1-4(5(2)8-10)6(9)7-3;1-2/h3-11H,1-2H3;4,8,10H,2H2,1,3H3,(H,7,9);1-2H3/b17-11+;;. The average Bonchev–Trinajstić information content (AvgIpc) is 2.83. The Balaban J connectivity index is 0.000000639. The molecule has 0 aliphatic carbocycles. The Morgan fingerprint density at radius 3 is 1.94 bits per heavy atom. The van der Waals surface area contributed by atoms with Crippen molar-refractivity contribution >= 4 is 17.9 Å². The molecule has 0 spiro atoms. The number of hydroxylamine groups is 1. The van der Waals surface area contributed by atoms with Gasteiger partial charge in [-0.2, -0.15) is 0 Å². The summed E-state index contributed by atoms with van der Waals surface area (Å²) in [6.45, 7) is 10.6. The Kier molecular flexibility index (Phi) is 13.7. The predicted molar refractivity (Wildman–Crippen MR) is 125 cm³/mol. The second-order valence-corrected chi connectivity index (χ2v) is 6.15. The minimum absolute atomic E-state index is 0.0812. The maximum Gasteiger partial charge on any atom is 0.228 e. The van der Waals surface area contributed by atoms with E-state index in [-0.39, 0.29) is 11.7 Å². The van der Waals surface area contributed by atoms with Crippen molar-refractivity contribution in [2.75, 3.05) is 14.2 Å². The number of benzene rings is 2. The van der Waals surface area contributed by atoms with Gasteiger partial charge in [-0.05, 0) is 30.5 Å². The normalized spacial score (nSPS) is 10.5. The number of nitrogens with zero attached hydrogens (tertiary/aromatic N) is 1. The van der Waals surface area contributed by atoms with Gasteiger partial charge >= 0.3 is 0 Å². The smallest absolute Gasteiger partial charge is 0.228 e. The molecule has 0 bridgehead atoms. The molecule has 31 heavy (non-hydrogen) atoms. The van der Waals surface area contributed by atoms with Crippen LogP contribution in [0.15, 0.2) is 66.0 Å². The SMILES string of the molecule is C=C(NO)C(C)C(=O)NC.CC.CO/N=C/c1ccc(-c2ccc(C(C)=O)cc2)cc1. The van der Waals surface area contributed by atoms with E-state index in [1.54, 1.807) is 20.1 Å². The lowest BCUT2D eigenvalue weighted by Gasteiger charge is -2.10. The number of Topliss-reactive ketones (excluding diaryl/α,β-unsaturated/α-hetero) is 1. The lowest BCUT2D eigenvalue weighted by Crippen LogP contribution is -2.29. The number of carbonyl (C=O) groups is 2. The Hall–Kier alpha value is -3.45. The van der Waals surface area contributed by atoms with Crippen molar-refractivity contribution < 1.29 is 19.6 Å². The zero-order valence-electron chi connectivity index (χ0n) is 19.1. The third-order valence-electron chi connectivity index (χ3n) is 4.15. The number of rotatable bonds is 7. The van der Waals surface area contributed by atoms with E-state index in [2.05, 4.69) is 21.9 Å². The molecule has 0 saturated carbocycles. The van der Waals surface area contributed by atoms with E-state index in [9.17, 15) is 9.59 Å². The van der Waals surface area contributed by atoms with Crippen molar-refractivity contribution in [1.82, 2.24) is 10.8 Å². The van der Waals surface area contributed by atoms with Gasteiger partial charge in [0.1, 0.15) is 7.11 Å². The van der Waals surface area contributed by atoms with Crippen LogP contribution in [-0.4, -0.2) is 37.3 Å². The highest BCUT2D eigenvalue weighted by Gasteiger charge is 2.13. The molecule has 3 N–H and O–H groups in total. The summed E-state index contributed by atoms with van der Waals surface area (Å²) in [7, 11) is 3.05. The van der Waals surface area contributed by atoms with Gasteiger partial charge in [0, 0.05) is 18.3 Å². The van der Waals surface area contributed by atoms with Gasteiger partial charge in [-0.15, -0.1) is 0 Å². The summed E-state index contributed by atoms with van der Waals surface area (Å²) in [5, 5.41) is 14.5. The maximum atomic E-state index is 11.2. The van der Waals surface area contributed by atoms with Crippen LogP contribution in [-0.2, 0) is 9.63 Å². The summed E-state index contributed by atoms with van der Waals surface area (Å²) in [5.74, 6) is -0.501. The molecule has 7 heteroatoms. The van der Waals surface area contributed by atoms with Crippen LogP contribution < -0.4 is 10.8 Å². The largest absolute Gasteiger partial charge is 0.399 e. The quantitative estimate of drug-likeness (QED) is 0.345. The van der Waals surface area contributed by atoms with Crippen LogP contribution in [0.4, 0.5) is 0 Å². The lowest BCUT2D eigenvalue weighted by atomic mass is 10.0. The second-order valence-electron chi connectivity index (χ2n) is 6.15. The maximum absolute atomic E-state index is 11.2. The van der Waals surface area contributed by atoms with Crippen LogP contribution in [0.3, 0.4) is 0 Å². The predicted octanol–water partition coefficient (Wildman–Crippen LogP) is 4.42. The van der Waals surface area contributed by atoms with E-state index in [0.717, 1.165) is 22.3 Å². The third kappa shape index (κ3) is 9.73. The molecule has 1 amide bonds. The lowest BCUT2D eigenvalue weighted by molar-refractivity contribution is -0.123. The van der Waals surface area contributed by atoms with Gasteiger partial charge in [0.25, 0.3) is 0 Å². The summed E-state index contributed by atoms with van der Waals surface area (Å²) in [6, 6.07) is 15.6. The van der Waals surface area contributed by atoms with Crippen LogP contribution in [0.5, 0.6) is 0 Å². The summed E-state index contributed by atoms with van der Waals surface area (Å²) in [5.41, 5.74) is 6.01. The molecular formula is C24H33N3O4. The number of amides is 1. The molecule has 0 aromatic heterocycles. The first-order chi connectivity index (χ1) is 14.8. The first-order valence-corrected chi connectivity index (χ1v) is 9.92. The summed E-state index contributed by atoms with van der Waals surface area (Å²) < 4.78 is 0. The molecule has 0 radical (unpaired) electrons. The number of oxime groups is 1. The molecular weight excluding hydrogens is 394 g/mol. The van der Waals surface area contributed by atoms with E-state index < -0.39 is 5.92 Å². The Bertz CT molecular complexity index is 828. The van der Waals surface area contributed by atoms with E-state index in [1.807, 2.05) is 67.9 Å². The third-order valence-corrected chi connectivity index (χ3v) is 4.15. The first kappa shape index (κ1) is 27.5. The Morgan fingerprint density at radius 2 is 1.55 bits per heavy atom. The van der Waals surface area contributed by atoms with Crippen LogP contribution in [0.25, 0.3) is 11.1 Å². The molecule has 0 aliphatic rings. The zero-order valence-corrected chi connectivity index (χ0v) is 19.1. The molecule has 2 rings (SSSR count). The summed E-state index contributed by atoms with van der Waals surface area (Å²) in [6.07, 6.45) is 1.66. The van der Waals surface area contributed by atoms with Crippen LogP contribution in [0.2, 0.25) is 0 Å². The van der Waals surface area contributed by atoms with Gasteiger partial charge in [0.05, 0.1) is 12.1 Å². The van der Waals surface area contributed by atoms with Gasteiger partial charge in [0.15, 0.2) is 5.78 Å². The fraction of sp³-hybridized carbons (Fsp3) is 0.292. The number of hydrogen-bond donors (Lipinski definition) is 3. The topological polar surface area (TPSA) is 100 Å². The highest BCUT2D eigenvalue weighted by Crippen LogP contribution is 2.20. The molecule has 1 unspecified atom stereocenters. The van der Waals surface area contributed by atoms with Gasteiger partial charge in [0.2, 0.25) is 5.91 Å². The molecule has 1 atom stereocenters. The molecule has 2 aromatic carbocycles. The van der Waals surface area contributed by atoms with E-state index >= 15 is 0 Å². The number of ketones is 1. The summed E-state index contributed by atoms with van der Waals surface area (Å²) >= 11 is 0. The fourth-order valence-electron chi connectivity index (χ4n) is 2.24. The van der Waals surface area contributed by atoms with Crippen molar-refractivity contribution in [2.45, 2.75) is 27.7 Å². The number of nitrogens with one attached hydrogen (secondary N) is 2. The van der Waals surface area contributed by atoms with Crippen molar-refractivity contribution in [2.24, 2.45) is 11.1 Å². The number of carbonyl (C=O) groups excluding carboxylic acids is 2. The van der Waals surface area contributed by atoms with E-state index in [1.165, 1.54) is 14.2 Å². The molecule has 2 aromatic rings. The molecule has 0 aliphatic heterocycles. The second kappa shape index (κ2) is 15.4. The van der Waals surface area contributed by atoms with Gasteiger partial charge in [-0.25, -0.2) is 0 Å². The average molecular weight is 428 g/mol. The fourth-order valence-corrected chi connectivity index (χ4v) is 2.24. The van der Waals surface area contributed by atoms with E-state index in [4.69, 9.17) is 5.21 Å². The molecule has 0 saturated heterocycles. The minimum Gasteiger partial charge on any atom is -0.399 e. The molecule has 168 valence electrons. The van der Waals surface area contributed by atoms with Crippen LogP contribution in [0.1, 0.15) is 43.6 Å². The molecule has 0 fully saturated rings. The highest BCUT2D eigenvalue weighted by atomic mass is 16.6. The van der Waals surface area contributed by atoms with Gasteiger partial charge in [-0.1, -0.05) is 74.1 Å². The van der Waals surface area contributed by atoms with Crippen molar-refractivity contribution in [3.63, 3.8) is 0 Å². The number of hydrogen-bond acceptors (Lipinski definition) is 6.